The molecule has 0 atom stereocenters. The van der Waals surface area contributed by atoms with Gasteiger partial charge in [0.1, 0.15) is 7.05 Å². The monoisotopic (exact) mass is 702 g/mol. The van der Waals surface area contributed by atoms with Crippen molar-refractivity contribution in [1.82, 2.24) is 9.13 Å². The van der Waals surface area contributed by atoms with E-state index in [1.54, 1.807) is 0 Å². The number of nitrogens with zero attached hydrogens (tertiary/aromatic N) is 4. The summed E-state index contributed by atoms with van der Waals surface area (Å²) in [4.78, 5) is 29.1. The number of rotatable bonds is 4. The Balaban J connectivity index is 1.30. The van der Waals surface area contributed by atoms with E-state index >= 15 is 0 Å². The maximum Gasteiger partial charge on any atom is 0.329 e. The van der Waals surface area contributed by atoms with Gasteiger partial charge in [0.25, 0.3) is 5.56 Å². The Morgan fingerprint density at radius 1 is 0.736 bits per heavy atom. The molecule has 0 amide bonds. The van der Waals surface area contributed by atoms with Gasteiger partial charge < -0.3 is 14.6 Å². The maximum absolute atomic E-state index is 14.0. The fourth-order valence-corrected chi connectivity index (χ4v) is 9.37. The molecule has 0 N–H and O–H groups in total. The van der Waals surface area contributed by atoms with Gasteiger partial charge in [0.2, 0.25) is 5.69 Å². The summed E-state index contributed by atoms with van der Waals surface area (Å²) < 4.78 is 4.36. The number of benzene rings is 4. The SMILES string of the molecule is CN1/C(=C/C=C2\CCCC(/C=C/C3=[N+](C)c4ccc5ccccc5c4C3(C)C)=C2c2c([O-])n(C)c(=O)n(C)c2=O)C(C)(C)c2c1ccc1ccccc21. The van der Waals surface area contributed by atoms with Crippen molar-refractivity contribution in [1.29, 1.82) is 0 Å². The molecule has 268 valence electrons. The molecule has 7 heteroatoms. The van der Waals surface area contributed by atoms with E-state index in [9.17, 15) is 14.7 Å². The minimum absolute atomic E-state index is 0.0465. The Morgan fingerprint density at radius 2 is 1.38 bits per heavy atom. The quantitative estimate of drug-likeness (QED) is 0.179. The molecule has 0 unspecified atom stereocenters. The van der Waals surface area contributed by atoms with E-state index in [-0.39, 0.29) is 16.4 Å². The van der Waals surface area contributed by atoms with E-state index in [0.717, 1.165) is 38.1 Å². The van der Waals surface area contributed by atoms with Crippen molar-refractivity contribution in [3.8, 4) is 5.88 Å². The molecule has 0 saturated heterocycles. The molecule has 3 heterocycles. The van der Waals surface area contributed by atoms with Crippen molar-refractivity contribution in [2.75, 3.05) is 19.0 Å². The van der Waals surface area contributed by atoms with Gasteiger partial charge in [-0.2, -0.15) is 4.58 Å². The van der Waals surface area contributed by atoms with E-state index in [1.807, 2.05) is 0 Å². The summed E-state index contributed by atoms with van der Waals surface area (Å²) in [6.07, 6.45) is 10.8. The Morgan fingerprint density at radius 3 is 2.08 bits per heavy atom. The molecule has 4 aromatic carbocycles. The molecule has 1 aliphatic carbocycles. The van der Waals surface area contributed by atoms with E-state index < -0.39 is 17.1 Å². The molecule has 7 nitrogen and oxygen atoms in total. The van der Waals surface area contributed by atoms with Gasteiger partial charge in [0.05, 0.1) is 11.0 Å². The molecule has 0 fully saturated rings. The third-order valence-corrected chi connectivity index (χ3v) is 12.1. The highest BCUT2D eigenvalue weighted by molar-refractivity contribution is 6.08. The van der Waals surface area contributed by atoms with E-state index in [0.29, 0.717) is 18.4 Å². The summed E-state index contributed by atoms with van der Waals surface area (Å²) in [5.74, 6) is -0.568. The summed E-state index contributed by atoms with van der Waals surface area (Å²) in [6, 6.07) is 25.8. The van der Waals surface area contributed by atoms with Crippen LogP contribution in [0.15, 0.2) is 124 Å². The largest absolute Gasteiger partial charge is 0.859 e. The standard InChI is InChI=1S/C46H46N4O3/c1-45(2)36(47(5)34-24-20-28-14-9-11-18-32(28)40(34)45)26-22-30-16-13-17-31(38(30)39-42(51)49(7)44(53)50(8)43(39)52)23-27-37-46(3,4)41-33-19-12-10-15-29(33)21-25-35(41)48(37)6/h9-12,14-15,18-27H,13,16-17H2,1-8H3/b30-22+,36-26+. The van der Waals surface area contributed by atoms with Crippen LogP contribution in [0.5, 0.6) is 5.88 Å². The minimum atomic E-state index is -0.626. The van der Waals surface area contributed by atoms with Crippen molar-refractivity contribution in [3.05, 3.63) is 151 Å². The van der Waals surface area contributed by atoms with E-state index in [2.05, 4.69) is 148 Å². The van der Waals surface area contributed by atoms with Crippen LogP contribution in [0.2, 0.25) is 0 Å². The first-order valence-electron chi connectivity index (χ1n) is 18.4. The van der Waals surface area contributed by atoms with Gasteiger partial charge in [-0.1, -0.05) is 80.6 Å². The number of allylic oxidation sites excluding steroid dienone is 8. The molecule has 3 aliphatic rings. The lowest BCUT2D eigenvalue weighted by Crippen LogP contribution is -2.40. The van der Waals surface area contributed by atoms with Crippen LogP contribution in [0.25, 0.3) is 27.1 Å². The normalized spacial score (nSPS) is 19.4. The number of anilines is 1. The maximum atomic E-state index is 14.0. The summed E-state index contributed by atoms with van der Waals surface area (Å²) in [5.41, 5.74) is 7.89. The second-order valence-electron chi connectivity index (χ2n) is 15.8. The Kier molecular flexibility index (Phi) is 7.91. The average molecular weight is 703 g/mol. The van der Waals surface area contributed by atoms with Crippen LogP contribution < -0.4 is 21.3 Å². The molecule has 1 aromatic heterocycles. The molecular weight excluding hydrogens is 657 g/mol. The lowest BCUT2D eigenvalue weighted by atomic mass is 9.78. The predicted molar refractivity (Wildman–Crippen MR) is 216 cm³/mol. The lowest BCUT2D eigenvalue weighted by Gasteiger charge is -2.27. The predicted octanol–water partition coefficient (Wildman–Crippen LogP) is 7.90. The van der Waals surface area contributed by atoms with Crippen molar-refractivity contribution in [2.24, 2.45) is 14.1 Å². The summed E-state index contributed by atoms with van der Waals surface area (Å²) in [5, 5.41) is 18.8. The van der Waals surface area contributed by atoms with Crippen LogP contribution in [0.1, 0.15) is 63.6 Å². The highest BCUT2D eigenvalue weighted by Crippen LogP contribution is 2.50. The zero-order valence-electron chi connectivity index (χ0n) is 31.9. The highest BCUT2D eigenvalue weighted by Gasteiger charge is 2.44. The number of aromatic nitrogens is 2. The zero-order valence-corrected chi connectivity index (χ0v) is 31.9. The number of fused-ring (bicyclic) bond motifs is 6. The molecule has 0 bridgehead atoms. The Hall–Kier alpha value is -5.69. The molecule has 53 heavy (non-hydrogen) atoms. The van der Waals surface area contributed by atoms with Gasteiger partial charge in [0, 0.05) is 55.6 Å². The Bertz CT molecular complexity index is 2690. The smallest absolute Gasteiger partial charge is 0.329 e. The summed E-state index contributed by atoms with van der Waals surface area (Å²) in [7, 11) is 7.11. The summed E-state index contributed by atoms with van der Waals surface area (Å²) in [6.45, 7) is 9.03. The van der Waals surface area contributed by atoms with Crippen LogP contribution in [0.4, 0.5) is 11.4 Å². The number of likely N-dealkylation sites (N-methyl/N-ethyl adjacent to an activating group) is 1. The second-order valence-corrected chi connectivity index (χ2v) is 15.8. The molecule has 8 rings (SSSR count). The zero-order chi connectivity index (χ0) is 37.6. The topological polar surface area (TPSA) is 73.3 Å². The van der Waals surface area contributed by atoms with Gasteiger partial charge in [-0.25, -0.2) is 4.79 Å². The first kappa shape index (κ1) is 34.4. The molecule has 0 saturated carbocycles. The van der Waals surface area contributed by atoms with Gasteiger partial charge >= 0.3 is 5.69 Å². The van der Waals surface area contributed by atoms with Crippen LogP contribution >= 0.6 is 0 Å². The fraction of sp³-hybridized carbons (Fsp3) is 0.283. The van der Waals surface area contributed by atoms with Gasteiger partial charge in [-0.15, -0.1) is 0 Å². The highest BCUT2D eigenvalue weighted by atomic mass is 16.3. The third kappa shape index (κ3) is 5.04. The van der Waals surface area contributed by atoms with Crippen LogP contribution in [-0.4, -0.2) is 33.5 Å². The van der Waals surface area contributed by atoms with Gasteiger partial charge in [0.15, 0.2) is 5.71 Å². The average Bonchev–Trinajstić information content (AvgIpc) is 3.48. The van der Waals surface area contributed by atoms with Crippen molar-refractivity contribution >= 4 is 44.2 Å². The third-order valence-electron chi connectivity index (χ3n) is 12.1. The number of hydrogen-bond donors (Lipinski definition) is 0. The molecule has 0 radical (unpaired) electrons. The Labute approximate surface area is 310 Å². The second kappa shape index (κ2) is 12.2. The molecule has 2 aliphatic heterocycles. The lowest BCUT2D eigenvalue weighted by molar-refractivity contribution is -0.401. The minimum Gasteiger partial charge on any atom is -0.859 e. The van der Waals surface area contributed by atoms with Crippen molar-refractivity contribution in [3.63, 3.8) is 0 Å². The number of hydrogen-bond acceptors (Lipinski definition) is 4. The van der Waals surface area contributed by atoms with Gasteiger partial charge in [-0.05, 0) is 101 Å². The van der Waals surface area contributed by atoms with Crippen molar-refractivity contribution in [2.45, 2.75) is 57.8 Å². The van der Waals surface area contributed by atoms with Crippen molar-refractivity contribution < 1.29 is 9.68 Å². The first-order chi connectivity index (χ1) is 25.2. The molecule has 5 aromatic rings. The van der Waals surface area contributed by atoms with Crippen LogP contribution in [0, 0.1) is 0 Å². The fourth-order valence-electron chi connectivity index (χ4n) is 9.37. The van der Waals surface area contributed by atoms with Crippen LogP contribution in [-0.2, 0) is 24.9 Å². The van der Waals surface area contributed by atoms with Crippen LogP contribution in [0.3, 0.4) is 0 Å². The molecular formula is C46H46N4O3. The summed E-state index contributed by atoms with van der Waals surface area (Å²) >= 11 is 0. The van der Waals surface area contributed by atoms with E-state index in [4.69, 9.17) is 0 Å². The van der Waals surface area contributed by atoms with Gasteiger partial charge in [-0.3, -0.25) is 9.36 Å². The molecule has 0 spiro atoms. The first-order valence-corrected chi connectivity index (χ1v) is 18.4. The van der Waals surface area contributed by atoms with E-state index in [1.165, 1.54) is 58.1 Å².